The van der Waals surface area contributed by atoms with Crippen LogP contribution in [0.3, 0.4) is 0 Å². The monoisotopic (exact) mass is 332 g/mol. The second-order valence-electron chi connectivity index (χ2n) is 5.07. The van der Waals surface area contributed by atoms with Crippen LogP contribution in [-0.4, -0.2) is 20.3 Å². The maximum absolute atomic E-state index is 11.0. The van der Waals surface area contributed by atoms with Gasteiger partial charge in [0, 0.05) is 23.0 Å². The van der Waals surface area contributed by atoms with Gasteiger partial charge in [-0.2, -0.15) is 0 Å². The second-order valence-corrected chi connectivity index (χ2v) is 7.38. The van der Waals surface area contributed by atoms with Gasteiger partial charge in [0.2, 0.25) is 5.91 Å². The molecule has 0 aliphatic heterocycles. The zero-order valence-corrected chi connectivity index (χ0v) is 14.0. The van der Waals surface area contributed by atoms with Gasteiger partial charge in [-0.05, 0) is 25.5 Å². The fourth-order valence-electron chi connectivity index (χ4n) is 2.19. The Balaban J connectivity index is 1.74. The molecule has 0 aliphatic carbocycles. The number of hydrogen-bond donors (Lipinski definition) is 1. The van der Waals surface area contributed by atoms with E-state index in [4.69, 9.17) is 5.73 Å². The average Bonchev–Trinajstić information content (AvgIpc) is 3.01. The lowest BCUT2D eigenvalue weighted by Crippen LogP contribution is -2.13. The minimum Gasteiger partial charge on any atom is -0.369 e. The fourth-order valence-corrected chi connectivity index (χ4v) is 4.32. The molecule has 114 valence electrons. The number of amides is 1. The van der Waals surface area contributed by atoms with Crippen molar-refractivity contribution in [2.45, 2.75) is 30.4 Å². The number of carbonyl (C=O) groups excluding carboxylic acids is 1. The van der Waals surface area contributed by atoms with E-state index >= 15 is 0 Å². The van der Waals surface area contributed by atoms with Gasteiger partial charge in [0.1, 0.15) is 5.65 Å². The number of nitrogens with zero attached hydrogens (tertiary/aromatic N) is 3. The van der Waals surface area contributed by atoms with E-state index in [0.29, 0.717) is 0 Å². The summed E-state index contributed by atoms with van der Waals surface area (Å²) in [6.45, 7) is 3.96. The Morgan fingerprint density at radius 3 is 2.95 bits per heavy atom. The van der Waals surface area contributed by atoms with Crippen molar-refractivity contribution in [3.63, 3.8) is 0 Å². The summed E-state index contributed by atoms with van der Waals surface area (Å²) < 4.78 is 2.99. The average molecular weight is 332 g/mol. The van der Waals surface area contributed by atoms with Gasteiger partial charge in [-0.1, -0.05) is 17.8 Å². The summed E-state index contributed by atoms with van der Waals surface area (Å²) in [5.74, 6) is 0.434. The zero-order valence-electron chi connectivity index (χ0n) is 12.4. The van der Waals surface area contributed by atoms with Gasteiger partial charge in [0.15, 0.2) is 4.34 Å². The molecule has 0 aliphatic rings. The molecule has 1 amide bonds. The lowest BCUT2D eigenvalue weighted by molar-refractivity contribution is -0.117. The molecule has 2 N–H and O–H groups in total. The van der Waals surface area contributed by atoms with Crippen molar-refractivity contribution in [1.82, 2.24) is 14.4 Å². The highest BCUT2D eigenvalue weighted by molar-refractivity contribution is 8.00. The molecular weight excluding hydrogens is 316 g/mol. The third-order valence-corrected chi connectivity index (χ3v) is 5.61. The summed E-state index contributed by atoms with van der Waals surface area (Å²) >= 11 is 3.17. The van der Waals surface area contributed by atoms with E-state index in [-0.39, 0.29) is 12.3 Å². The maximum atomic E-state index is 11.0. The third kappa shape index (κ3) is 3.15. The van der Waals surface area contributed by atoms with Gasteiger partial charge in [0.05, 0.1) is 17.8 Å². The van der Waals surface area contributed by atoms with Crippen molar-refractivity contribution < 1.29 is 4.79 Å². The SMILES string of the molecule is Cc1nc(SCc2cn3cccc(C)c3n2)sc1CC(N)=O. The number of nitrogens with two attached hydrogens (primary N) is 1. The summed E-state index contributed by atoms with van der Waals surface area (Å²) in [5.41, 5.74) is 9.30. The lowest BCUT2D eigenvalue weighted by Gasteiger charge is -1.94. The minimum absolute atomic E-state index is 0.262. The Morgan fingerprint density at radius 1 is 1.41 bits per heavy atom. The van der Waals surface area contributed by atoms with Gasteiger partial charge in [-0.15, -0.1) is 11.3 Å². The van der Waals surface area contributed by atoms with Gasteiger partial charge in [-0.3, -0.25) is 4.79 Å². The summed E-state index contributed by atoms with van der Waals surface area (Å²) in [5, 5.41) is 0. The lowest BCUT2D eigenvalue weighted by atomic mass is 10.3. The van der Waals surface area contributed by atoms with E-state index in [1.807, 2.05) is 29.8 Å². The van der Waals surface area contributed by atoms with Crippen LogP contribution in [0.2, 0.25) is 0 Å². The fraction of sp³-hybridized carbons (Fsp3) is 0.267. The summed E-state index contributed by atoms with van der Waals surface area (Å²) in [6, 6.07) is 4.07. The summed E-state index contributed by atoms with van der Waals surface area (Å²) in [4.78, 5) is 21.1. The molecule has 0 unspecified atom stereocenters. The molecule has 22 heavy (non-hydrogen) atoms. The van der Waals surface area contributed by atoms with E-state index in [2.05, 4.69) is 23.0 Å². The highest BCUT2D eigenvalue weighted by Crippen LogP contribution is 2.29. The van der Waals surface area contributed by atoms with Crippen LogP contribution in [0.5, 0.6) is 0 Å². The number of fused-ring (bicyclic) bond motifs is 1. The Morgan fingerprint density at radius 2 is 2.23 bits per heavy atom. The number of hydrogen-bond acceptors (Lipinski definition) is 5. The number of pyridine rings is 1. The van der Waals surface area contributed by atoms with E-state index in [0.717, 1.165) is 37.6 Å². The van der Waals surface area contributed by atoms with Gasteiger partial charge in [0.25, 0.3) is 0 Å². The molecule has 0 saturated carbocycles. The van der Waals surface area contributed by atoms with E-state index in [9.17, 15) is 4.79 Å². The molecule has 0 spiro atoms. The number of aryl methyl sites for hydroxylation is 2. The number of primary amides is 1. The highest BCUT2D eigenvalue weighted by atomic mass is 32.2. The zero-order chi connectivity index (χ0) is 15.7. The number of rotatable bonds is 5. The molecule has 3 aromatic rings. The van der Waals surface area contributed by atoms with Crippen LogP contribution in [0.1, 0.15) is 21.8 Å². The normalized spacial score (nSPS) is 11.2. The van der Waals surface area contributed by atoms with Gasteiger partial charge in [-0.25, -0.2) is 9.97 Å². The van der Waals surface area contributed by atoms with E-state index in [1.165, 1.54) is 11.3 Å². The topological polar surface area (TPSA) is 73.3 Å². The Bertz CT molecular complexity index is 837. The second kappa shape index (κ2) is 6.10. The number of carbonyl (C=O) groups is 1. The first kappa shape index (κ1) is 15.1. The molecule has 0 atom stereocenters. The first-order chi connectivity index (χ1) is 10.5. The van der Waals surface area contributed by atoms with Gasteiger partial charge < -0.3 is 10.1 Å². The van der Waals surface area contributed by atoms with Crippen LogP contribution in [-0.2, 0) is 17.0 Å². The Kier molecular flexibility index (Phi) is 4.17. The molecule has 7 heteroatoms. The van der Waals surface area contributed by atoms with Gasteiger partial charge >= 0.3 is 0 Å². The predicted molar refractivity (Wildman–Crippen MR) is 89.2 cm³/mol. The van der Waals surface area contributed by atoms with Crippen LogP contribution < -0.4 is 5.73 Å². The number of thiazole rings is 1. The minimum atomic E-state index is -0.320. The Hall–Kier alpha value is -1.86. The molecule has 0 aromatic carbocycles. The summed E-state index contributed by atoms with van der Waals surface area (Å²) in [6.07, 6.45) is 4.31. The molecular formula is C15H16N4OS2. The largest absolute Gasteiger partial charge is 0.369 e. The van der Waals surface area contributed by atoms with Crippen molar-refractivity contribution >= 4 is 34.7 Å². The van der Waals surface area contributed by atoms with E-state index in [1.54, 1.807) is 11.8 Å². The molecule has 5 nitrogen and oxygen atoms in total. The number of aromatic nitrogens is 3. The van der Waals surface area contributed by atoms with Crippen LogP contribution >= 0.6 is 23.1 Å². The third-order valence-electron chi connectivity index (χ3n) is 3.28. The van der Waals surface area contributed by atoms with Crippen LogP contribution in [0.4, 0.5) is 0 Å². The number of imidazole rings is 1. The van der Waals surface area contributed by atoms with Crippen molar-refractivity contribution in [3.8, 4) is 0 Å². The molecule has 0 saturated heterocycles. The number of thioether (sulfide) groups is 1. The van der Waals surface area contributed by atoms with Crippen molar-refractivity contribution in [2.75, 3.05) is 0 Å². The van der Waals surface area contributed by atoms with E-state index < -0.39 is 0 Å². The molecule has 3 aromatic heterocycles. The summed E-state index contributed by atoms with van der Waals surface area (Å²) in [7, 11) is 0. The van der Waals surface area contributed by atoms with Crippen molar-refractivity contribution in [2.24, 2.45) is 5.73 Å². The molecule has 3 rings (SSSR count). The quantitative estimate of drug-likeness (QED) is 0.729. The molecule has 0 fully saturated rings. The smallest absolute Gasteiger partial charge is 0.222 e. The van der Waals surface area contributed by atoms with Crippen molar-refractivity contribution in [3.05, 3.63) is 46.4 Å². The standard InChI is InChI=1S/C15H16N4OS2/c1-9-4-3-5-19-7-11(18-14(9)19)8-21-15-17-10(2)12(22-15)6-13(16)20/h3-5,7H,6,8H2,1-2H3,(H2,16,20). The van der Waals surface area contributed by atoms with Crippen LogP contribution in [0, 0.1) is 13.8 Å². The Labute approximate surface area is 136 Å². The van der Waals surface area contributed by atoms with Crippen LogP contribution in [0.25, 0.3) is 5.65 Å². The molecule has 3 heterocycles. The highest BCUT2D eigenvalue weighted by Gasteiger charge is 2.11. The first-order valence-corrected chi connectivity index (χ1v) is 8.64. The molecule has 0 bridgehead atoms. The molecule has 0 radical (unpaired) electrons. The predicted octanol–water partition coefficient (Wildman–Crippen LogP) is 2.73. The maximum Gasteiger partial charge on any atom is 0.222 e. The van der Waals surface area contributed by atoms with Crippen molar-refractivity contribution in [1.29, 1.82) is 0 Å². The van der Waals surface area contributed by atoms with Crippen LogP contribution in [0.15, 0.2) is 28.9 Å². The first-order valence-electron chi connectivity index (χ1n) is 6.83.